The maximum Gasteiger partial charge on any atom is 0.0461 e. The van der Waals surface area contributed by atoms with Crippen LogP contribution in [-0.2, 0) is 0 Å². The van der Waals surface area contributed by atoms with E-state index in [0.717, 1.165) is 25.9 Å². The van der Waals surface area contributed by atoms with E-state index in [1.54, 1.807) is 0 Å². The molecular formula is C18H20N2S. The van der Waals surface area contributed by atoms with Crippen LogP contribution in [0.2, 0.25) is 0 Å². The summed E-state index contributed by atoms with van der Waals surface area (Å²) < 4.78 is 2.23. The summed E-state index contributed by atoms with van der Waals surface area (Å²) in [5.41, 5.74) is 1.35. The zero-order valence-corrected chi connectivity index (χ0v) is 12.9. The second kappa shape index (κ2) is 5.39. The van der Waals surface area contributed by atoms with Gasteiger partial charge in [0.1, 0.15) is 0 Å². The fourth-order valence-electron chi connectivity index (χ4n) is 3.51. The molecule has 5 rings (SSSR count). The first-order valence-electron chi connectivity index (χ1n) is 7.67. The molecule has 3 heterocycles. The summed E-state index contributed by atoms with van der Waals surface area (Å²) in [6.45, 7) is 2.10. The van der Waals surface area contributed by atoms with Crippen LogP contribution in [0.5, 0.6) is 0 Å². The zero-order valence-electron chi connectivity index (χ0n) is 12.0. The van der Waals surface area contributed by atoms with Gasteiger partial charge < -0.3 is 4.90 Å². The van der Waals surface area contributed by atoms with Gasteiger partial charge in [0.2, 0.25) is 0 Å². The third-order valence-corrected chi connectivity index (χ3v) is 5.21. The lowest BCUT2D eigenvalue weighted by molar-refractivity contribution is 0.271. The zero-order chi connectivity index (χ0) is 14.2. The molecule has 3 aliphatic heterocycles. The number of hydrogen-bond donors (Lipinski definition) is 1. The van der Waals surface area contributed by atoms with E-state index in [2.05, 4.69) is 76.6 Å². The molecule has 108 valence electrons. The first kappa shape index (κ1) is 13.2. The molecule has 0 radical (unpaired) electrons. The Labute approximate surface area is 131 Å². The van der Waals surface area contributed by atoms with Crippen LogP contribution < -0.4 is 4.90 Å². The summed E-state index contributed by atoms with van der Waals surface area (Å²) >= 11 is 4.67. The normalized spacial score (nSPS) is 27.6. The predicted octanol–water partition coefficient (Wildman–Crippen LogP) is 3.89. The van der Waals surface area contributed by atoms with Crippen LogP contribution in [0.25, 0.3) is 10.8 Å². The monoisotopic (exact) mass is 296 g/mol. The average Bonchev–Trinajstić information content (AvgIpc) is 2.49. The first-order chi connectivity index (χ1) is 10.3. The molecule has 0 amide bonds. The summed E-state index contributed by atoms with van der Waals surface area (Å²) in [4.78, 5) is 2.58. The van der Waals surface area contributed by atoms with E-state index in [-0.39, 0.29) is 0 Å². The Morgan fingerprint density at radius 1 is 0.857 bits per heavy atom. The van der Waals surface area contributed by atoms with Gasteiger partial charge >= 0.3 is 0 Å². The van der Waals surface area contributed by atoms with Crippen LogP contribution >= 0.6 is 12.8 Å². The lowest BCUT2D eigenvalue weighted by Crippen LogP contribution is -2.55. The third kappa shape index (κ3) is 2.45. The number of anilines is 1. The topological polar surface area (TPSA) is 6.48 Å². The van der Waals surface area contributed by atoms with Crippen molar-refractivity contribution < 1.29 is 0 Å². The molecular weight excluding hydrogens is 276 g/mol. The van der Waals surface area contributed by atoms with E-state index in [0.29, 0.717) is 12.1 Å². The van der Waals surface area contributed by atoms with Crippen LogP contribution in [0, 0.1) is 0 Å². The highest BCUT2D eigenvalue weighted by atomic mass is 32.1. The van der Waals surface area contributed by atoms with Gasteiger partial charge in [0, 0.05) is 30.9 Å². The second-order valence-corrected chi connectivity index (χ2v) is 6.57. The van der Waals surface area contributed by atoms with Crippen molar-refractivity contribution in [2.75, 3.05) is 18.0 Å². The maximum atomic E-state index is 4.67. The van der Waals surface area contributed by atoms with E-state index in [9.17, 15) is 0 Å². The van der Waals surface area contributed by atoms with Crippen molar-refractivity contribution in [3.05, 3.63) is 54.6 Å². The Morgan fingerprint density at radius 2 is 1.62 bits per heavy atom. The van der Waals surface area contributed by atoms with Crippen LogP contribution in [-0.4, -0.2) is 29.5 Å². The molecule has 2 bridgehead atoms. The minimum absolute atomic E-state index is 0.507. The Kier molecular flexibility index (Phi) is 3.40. The van der Waals surface area contributed by atoms with Crippen molar-refractivity contribution in [1.29, 1.82) is 0 Å². The number of rotatable bonds is 1. The minimum Gasteiger partial charge on any atom is -0.365 e. The van der Waals surface area contributed by atoms with Crippen molar-refractivity contribution >= 4 is 29.3 Å². The highest BCUT2D eigenvalue weighted by Crippen LogP contribution is 2.31. The summed E-state index contributed by atoms with van der Waals surface area (Å²) in [5.74, 6) is 0. The van der Waals surface area contributed by atoms with Crippen molar-refractivity contribution in [2.24, 2.45) is 0 Å². The number of benzene rings is 2. The molecule has 3 heteroatoms. The fraction of sp³-hybridized carbons (Fsp3) is 0.333. The SMILES string of the molecule is SN1C[C@@H]2C/C=C\C[C@H]1CN2c1ccc2ccccc2c1. The summed E-state index contributed by atoms with van der Waals surface area (Å²) in [5, 5.41) is 2.64. The molecule has 1 fully saturated rings. The van der Waals surface area contributed by atoms with Crippen LogP contribution in [0.4, 0.5) is 5.69 Å². The van der Waals surface area contributed by atoms with Gasteiger partial charge in [-0.1, -0.05) is 55.3 Å². The molecule has 0 unspecified atom stereocenters. The Morgan fingerprint density at radius 3 is 2.48 bits per heavy atom. The lowest BCUT2D eigenvalue weighted by atomic mass is 9.98. The summed E-state index contributed by atoms with van der Waals surface area (Å²) in [6, 6.07) is 16.5. The van der Waals surface area contributed by atoms with Gasteiger partial charge in [0.25, 0.3) is 0 Å². The smallest absolute Gasteiger partial charge is 0.0461 e. The second-order valence-electron chi connectivity index (χ2n) is 6.06. The molecule has 0 aromatic heterocycles. The molecule has 1 saturated heterocycles. The summed E-state index contributed by atoms with van der Waals surface area (Å²) in [7, 11) is 0. The number of nitrogens with zero attached hydrogens (tertiary/aromatic N) is 2. The van der Waals surface area contributed by atoms with E-state index in [1.807, 2.05) is 0 Å². The van der Waals surface area contributed by atoms with E-state index >= 15 is 0 Å². The van der Waals surface area contributed by atoms with Gasteiger partial charge in [-0.15, -0.1) is 0 Å². The van der Waals surface area contributed by atoms with Crippen molar-refractivity contribution in [2.45, 2.75) is 24.9 Å². The van der Waals surface area contributed by atoms with Gasteiger partial charge in [-0.05, 0) is 35.7 Å². The van der Waals surface area contributed by atoms with Gasteiger partial charge in [0.05, 0.1) is 0 Å². The first-order valence-corrected chi connectivity index (χ1v) is 8.07. The minimum atomic E-state index is 0.507. The largest absolute Gasteiger partial charge is 0.365 e. The Hall–Kier alpha value is -1.45. The summed E-state index contributed by atoms with van der Waals surface area (Å²) in [6.07, 6.45) is 6.86. The Bertz CT molecular complexity index is 682. The van der Waals surface area contributed by atoms with Crippen molar-refractivity contribution in [3.63, 3.8) is 0 Å². The Balaban J connectivity index is 1.72. The average molecular weight is 296 g/mol. The molecule has 2 atom stereocenters. The molecule has 0 saturated carbocycles. The van der Waals surface area contributed by atoms with E-state index in [4.69, 9.17) is 0 Å². The van der Waals surface area contributed by atoms with Gasteiger partial charge in [0.15, 0.2) is 0 Å². The van der Waals surface area contributed by atoms with E-state index < -0.39 is 0 Å². The number of thiol groups is 1. The standard InChI is InChI=1S/C18H20N2S/c21-20-13-17-7-3-4-8-18(20)12-19(17)16-10-9-14-5-1-2-6-15(14)11-16/h1-6,9-11,17-18,21H,7-8,12-13H2/b4-3-/t17-,18-/m0/s1. The van der Waals surface area contributed by atoms with Crippen LogP contribution in [0.15, 0.2) is 54.6 Å². The lowest BCUT2D eigenvalue weighted by Gasteiger charge is -2.46. The molecule has 0 spiro atoms. The van der Waals surface area contributed by atoms with Gasteiger partial charge in [-0.3, -0.25) is 0 Å². The van der Waals surface area contributed by atoms with Crippen LogP contribution in [0.1, 0.15) is 12.8 Å². The maximum absolute atomic E-state index is 4.67. The number of fused-ring (bicyclic) bond motifs is 5. The highest BCUT2D eigenvalue weighted by molar-refractivity contribution is 7.77. The van der Waals surface area contributed by atoms with Gasteiger partial charge in [-0.2, -0.15) is 0 Å². The van der Waals surface area contributed by atoms with Crippen LogP contribution in [0.3, 0.4) is 0 Å². The van der Waals surface area contributed by atoms with Crippen molar-refractivity contribution in [1.82, 2.24) is 4.31 Å². The molecule has 21 heavy (non-hydrogen) atoms. The quantitative estimate of drug-likeness (QED) is 0.630. The van der Waals surface area contributed by atoms with Crippen molar-refractivity contribution in [3.8, 4) is 0 Å². The molecule has 0 N–H and O–H groups in total. The highest BCUT2D eigenvalue weighted by Gasteiger charge is 2.32. The molecule has 0 aliphatic carbocycles. The predicted molar refractivity (Wildman–Crippen MR) is 92.9 cm³/mol. The molecule has 2 aromatic rings. The molecule has 3 aliphatic rings. The van der Waals surface area contributed by atoms with Gasteiger partial charge in [-0.25, -0.2) is 4.31 Å². The fourth-order valence-corrected chi connectivity index (χ4v) is 3.87. The molecule has 2 aromatic carbocycles. The number of hydrogen-bond acceptors (Lipinski definition) is 3. The van der Waals surface area contributed by atoms with E-state index in [1.165, 1.54) is 16.5 Å². The number of piperazine rings is 1. The third-order valence-electron chi connectivity index (χ3n) is 4.72. The molecule has 2 nitrogen and oxygen atoms in total.